The molecule has 0 aromatic heterocycles. The first-order valence-corrected chi connectivity index (χ1v) is 10.7. The second kappa shape index (κ2) is 6.92. The molecular weight excluding hydrogens is 328 g/mol. The molecule has 2 heterocycles. The molecule has 7 heteroatoms. The van der Waals surface area contributed by atoms with Gasteiger partial charge in [0, 0.05) is 25.7 Å². The van der Waals surface area contributed by atoms with Crippen LogP contribution in [0.4, 0.5) is 0 Å². The van der Waals surface area contributed by atoms with Crippen LogP contribution >= 0.6 is 0 Å². The van der Waals surface area contributed by atoms with Gasteiger partial charge in [0.15, 0.2) is 0 Å². The third-order valence-electron chi connectivity index (χ3n) is 6.49. The van der Waals surface area contributed by atoms with Gasteiger partial charge in [-0.1, -0.05) is 19.3 Å². The monoisotopic (exact) mass is 358 g/mol. The topological polar surface area (TPSA) is 77.9 Å². The third-order valence-corrected chi connectivity index (χ3v) is 8.61. The molecule has 0 amide bonds. The molecule has 1 saturated carbocycles. The molecule has 1 N–H and O–H groups in total. The van der Waals surface area contributed by atoms with Gasteiger partial charge in [0.2, 0.25) is 0 Å². The summed E-state index contributed by atoms with van der Waals surface area (Å²) in [5.74, 6) is -1.47. The number of hydrogen-bond donors (Lipinski definition) is 1. The zero-order chi connectivity index (χ0) is 17.4. The van der Waals surface area contributed by atoms with E-state index in [-0.39, 0.29) is 12.6 Å². The largest absolute Gasteiger partial charge is 0.481 e. The van der Waals surface area contributed by atoms with Crippen molar-refractivity contribution in [1.82, 2.24) is 8.61 Å². The van der Waals surface area contributed by atoms with E-state index in [2.05, 4.69) is 0 Å². The van der Waals surface area contributed by atoms with Crippen LogP contribution in [0.15, 0.2) is 0 Å². The Morgan fingerprint density at radius 3 is 2.25 bits per heavy atom. The zero-order valence-corrected chi connectivity index (χ0v) is 15.4. The highest BCUT2D eigenvalue weighted by Crippen LogP contribution is 2.45. The number of aliphatic carboxylic acids is 1. The van der Waals surface area contributed by atoms with Crippen molar-refractivity contribution >= 4 is 16.2 Å². The van der Waals surface area contributed by atoms with Gasteiger partial charge in [0.1, 0.15) is 0 Å². The highest BCUT2D eigenvalue weighted by Gasteiger charge is 2.43. The number of carboxylic acid groups (broad SMARTS) is 1. The minimum Gasteiger partial charge on any atom is -0.481 e. The fraction of sp³-hybridized carbons (Fsp3) is 0.941. The average molecular weight is 359 g/mol. The van der Waals surface area contributed by atoms with E-state index in [1.807, 2.05) is 6.92 Å². The second-order valence-electron chi connectivity index (χ2n) is 8.00. The first-order chi connectivity index (χ1) is 11.3. The summed E-state index contributed by atoms with van der Waals surface area (Å²) < 4.78 is 29.1. The molecule has 24 heavy (non-hydrogen) atoms. The summed E-state index contributed by atoms with van der Waals surface area (Å²) in [7, 11) is -3.55. The van der Waals surface area contributed by atoms with Gasteiger partial charge in [-0.2, -0.15) is 17.0 Å². The lowest BCUT2D eigenvalue weighted by atomic mass is 9.68. The maximum absolute atomic E-state index is 13.0. The van der Waals surface area contributed by atoms with Gasteiger partial charge in [-0.05, 0) is 50.9 Å². The molecule has 3 rings (SSSR count). The Hall–Kier alpha value is -0.660. The van der Waals surface area contributed by atoms with E-state index in [4.69, 9.17) is 0 Å². The molecule has 2 aliphatic heterocycles. The molecule has 0 bridgehead atoms. The van der Waals surface area contributed by atoms with Gasteiger partial charge in [0.25, 0.3) is 10.2 Å². The summed E-state index contributed by atoms with van der Waals surface area (Å²) in [4.78, 5) is 11.3. The van der Waals surface area contributed by atoms with E-state index in [1.165, 1.54) is 36.4 Å². The smallest absolute Gasteiger partial charge is 0.307 e. The molecule has 2 unspecified atom stereocenters. The molecule has 1 aliphatic carbocycles. The van der Waals surface area contributed by atoms with Gasteiger partial charge in [-0.15, -0.1) is 0 Å². The Morgan fingerprint density at radius 2 is 1.67 bits per heavy atom. The Labute approximate surface area is 145 Å². The highest BCUT2D eigenvalue weighted by molar-refractivity contribution is 7.86. The predicted octanol–water partition coefficient (Wildman–Crippen LogP) is 2.46. The van der Waals surface area contributed by atoms with Crippen molar-refractivity contribution in [3.05, 3.63) is 0 Å². The van der Waals surface area contributed by atoms with E-state index < -0.39 is 22.1 Å². The van der Waals surface area contributed by atoms with E-state index in [9.17, 15) is 18.3 Å². The minimum absolute atomic E-state index is 0.112. The van der Waals surface area contributed by atoms with Crippen LogP contribution in [-0.4, -0.2) is 53.8 Å². The van der Waals surface area contributed by atoms with Crippen molar-refractivity contribution in [2.75, 3.05) is 19.6 Å². The number of piperidine rings is 2. The third kappa shape index (κ3) is 3.48. The summed E-state index contributed by atoms with van der Waals surface area (Å²) in [6, 6.07) is -0.115. The van der Waals surface area contributed by atoms with Crippen LogP contribution in [0.1, 0.15) is 64.7 Å². The predicted molar refractivity (Wildman–Crippen MR) is 91.8 cm³/mol. The summed E-state index contributed by atoms with van der Waals surface area (Å²) in [5.41, 5.74) is 0.362. The molecule has 2 atom stereocenters. The zero-order valence-electron chi connectivity index (χ0n) is 14.6. The maximum atomic E-state index is 13.0. The summed E-state index contributed by atoms with van der Waals surface area (Å²) in [6.45, 7) is 3.18. The molecule has 138 valence electrons. The van der Waals surface area contributed by atoms with E-state index >= 15 is 0 Å². The molecule has 0 aromatic carbocycles. The summed E-state index contributed by atoms with van der Waals surface area (Å²) >= 11 is 0. The lowest BCUT2D eigenvalue weighted by molar-refractivity contribution is -0.143. The number of hydrogen-bond acceptors (Lipinski definition) is 3. The molecular formula is C17H30N2O4S. The lowest BCUT2D eigenvalue weighted by Crippen LogP contribution is -2.55. The number of carbonyl (C=O) groups is 1. The SMILES string of the molecule is CC1CCC(C(=O)O)CN1S(=O)(=O)N1CCC2(CCCCC2)CC1. The maximum Gasteiger partial charge on any atom is 0.307 e. The molecule has 2 saturated heterocycles. The fourth-order valence-electron chi connectivity index (χ4n) is 4.74. The van der Waals surface area contributed by atoms with Crippen molar-refractivity contribution < 1.29 is 18.3 Å². The van der Waals surface area contributed by atoms with Crippen LogP contribution in [0, 0.1) is 11.3 Å². The van der Waals surface area contributed by atoms with Crippen molar-refractivity contribution in [1.29, 1.82) is 0 Å². The van der Waals surface area contributed by atoms with Crippen molar-refractivity contribution in [2.24, 2.45) is 11.3 Å². The van der Waals surface area contributed by atoms with E-state index in [1.54, 1.807) is 4.31 Å². The number of nitrogens with zero attached hydrogens (tertiary/aromatic N) is 2. The number of carboxylic acids is 1. The van der Waals surface area contributed by atoms with Gasteiger partial charge >= 0.3 is 5.97 Å². The van der Waals surface area contributed by atoms with Gasteiger partial charge in [0.05, 0.1) is 5.92 Å². The lowest BCUT2D eigenvalue weighted by Gasteiger charge is -2.46. The molecule has 6 nitrogen and oxygen atoms in total. The Morgan fingerprint density at radius 1 is 1.04 bits per heavy atom. The molecule has 0 radical (unpaired) electrons. The van der Waals surface area contributed by atoms with Crippen LogP contribution in [0.25, 0.3) is 0 Å². The average Bonchev–Trinajstić information content (AvgIpc) is 2.56. The van der Waals surface area contributed by atoms with Crippen molar-refractivity contribution in [3.63, 3.8) is 0 Å². The minimum atomic E-state index is -3.55. The van der Waals surface area contributed by atoms with Gasteiger partial charge in [-0.3, -0.25) is 4.79 Å². The van der Waals surface area contributed by atoms with Gasteiger partial charge in [-0.25, -0.2) is 0 Å². The summed E-state index contributed by atoms with van der Waals surface area (Å²) in [6.07, 6.45) is 9.43. The van der Waals surface area contributed by atoms with E-state index in [0.717, 1.165) is 12.8 Å². The quantitative estimate of drug-likeness (QED) is 0.841. The standard InChI is InChI=1S/C17H30N2O4S/c1-14-5-6-15(16(20)21)13-19(14)24(22,23)18-11-9-17(10-12-18)7-3-2-4-8-17/h14-15H,2-13H2,1H3,(H,20,21). The first kappa shape index (κ1) is 18.1. The van der Waals surface area contributed by atoms with E-state index in [0.29, 0.717) is 31.3 Å². The van der Waals surface area contributed by atoms with Gasteiger partial charge < -0.3 is 5.11 Å². The van der Waals surface area contributed by atoms with Crippen molar-refractivity contribution in [2.45, 2.75) is 70.8 Å². The second-order valence-corrected chi connectivity index (χ2v) is 9.88. The van der Waals surface area contributed by atoms with Crippen LogP contribution in [-0.2, 0) is 15.0 Å². The molecule has 1 spiro atoms. The van der Waals surface area contributed by atoms with Crippen molar-refractivity contribution in [3.8, 4) is 0 Å². The van der Waals surface area contributed by atoms with Crippen LogP contribution < -0.4 is 0 Å². The molecule has 3 fully saturated rings. The van der Waals surface area contributed by atoms with Crippen LogP contribution in [0.5, 0.6) is 0 Å². The Bertz CT molecular complexity index is 561. The Kier molecular flexibility index (Phi) is 5.23. The van der Waals surface area contributed by atoms with Crippen LogP contribution in [0.2, 0.25) is 0 Å². The molecule has 3 aliphatic rings. The number of rotatable bonds is 3. The molecule has 0 aromatic rings. The fourth-order valence-corrected chi connectivity index (χ4v) is 6.61. The normalized spacial score (nSPS) is 32.7. The first-order valence-electron chi connectivity index (χ1n) is 9.34. The summed E-state index contributed by atoms with van der Waals surface area (Å²) in [5, 5.41) is 9.25. The van der Waals surface area contributed by atoms with Crippen LogP contribution in [0.3, 0.4) is 0 Å². The Balaban J connectivity index is 1.68. The highest BCUT2D eigenvalue weighted by atomic mass is 32.2.